The van der Waals surface area contributed by atoms with Crippen LogP contribution in [0.5, 0.6) is 0 Å². The lowest BCUT2D eigenvalue weighted by molar-refractivity contribution is -0.132. The predicted octanol–water partition coefficient (Wildman–Crippen LogP) is 2.85. The van der Waals surface area contributed by atoms with Gasteiger partial charge in [0, 0.05) is 13.1 Å². The average molecular weight is 435 g/mol. The first-order valence-corrected chi connectivity index (χ1v) is 11.5. The highest BCUT2D eigenvalue weighted by atomic mass is 35.5. The van der Waals surface area contributed by atoms with Crippen molar-refractivity contribution in [1.29, 1.82) is 0 Å². The molecule has 2 unspecified atom stereocenters. The molecule has 1 heterocycles. The predicted molar refractivity (Wildman–Crippen MR) is 113 cm³/mol. The van der Waals surface area contributed by atoms with Crippen LogP contribution in [-0.4, -0.2) is 49.7 Å². The van der Waals surface area contributed by atoms with E-state index in [9.17, 15) is 18.0 Å². The fourth-order valence-corrected chi connectivity index (χ4v) is 5.42. The van der Waals surface area contributed by atoms with Crippen molar-refractivity contribution in [2.24, 2.45) is 0 Å². The molecule has 0 aliphatic carbocycles. The quantitative estimate of drug-likeness (QED) is 0.757. The van der Waals surface area contributed by atoms with Gasteiger partial charge in [-0.15, -0.1) is 0 Å². The molecule has 0 bridgehead atoms. The zero-order valence-corrected chi connectivity index (χ0v) is 17.6. The lowest BCUT2D eigenvalue weighted by atomic mass is 10.0. The van der Waals surface area contributed by atoms with E-state index in [1.54, 1.807) is 31.3 Å². The van der Waals surface area contributed by atoms with E-state index >= 15 is 0 Å². The van der Waals surface area contributed by atoms with Crippen molar-refractivity contribution in [3.05, 3.63) is 70.7 Å². The van der Waals surface area contributed by atoms with Crippen LogP contribution >= 0.6 is 11.6 Å². The molecule has 1 fully saturated rings. The smallest absolute Gasteiger partial charge is 0.253 e. The van der Waals surface area contributed by atoms with Crippen molar-refractivity contribution < 1.29 is 18.0 Å². The Hall–Kier alpha value is -2.38. The van der Waals surface area contributed by atoms with Gasteiger partial charge in [0.15, 0.2) is 9.84 Å². The summed E-state index contributed by atoms with van der Waals surface area (Å²) in [5.41, 5.74) is 1.12. The van der Waals surface area contributed by atoms with Crippen molar-refractivity contribution in [2.75, 3.05) is 18.6 Å². The van der Waals surface area contributed by atoms with E-state index in [4.69, 9.17) is 11.6 Å². The fraction of sp³-hybridized carbons (Fsp3) is 0.333. The molecule has 29 heavy (non-hydrogen) atoms. The summed E-state index contributed by atoms with van der Waals surface area (Å²) in [6.07, 6.45) is 0.458. The van der Waals surface area contributed by atoms with Gasteiger partial charge < -0.3 is 10.2 Å². The molecule has 6 nitrogen and oxygen atoms in total. The highest BCUT2D eigenvalue weighted by Crippen LogP contribution is 2.23. The SMILES string of the molecule is CN(C(=O)CC(NC(=O)c1ccccc1Cl)c1ccccc1)C1CCS(=O)(=O)C1. The lowest BCUT2D eigenvalue weighted by Gasteiger charge is -2.26. The summed E-state index contributed by atoms with van der Waals surface area (Å²) >= 11 is 6.12. The zero-order valence-electron chi connectivity index (χ0n) is 16.0. The number of carbonyl (C=O) groups excluding carboxylic acids is 2. The van der Waals surface area contributed by atoms with Crippen molar-refractivity contribution in [3.63, 3.8) is 0 Å². The normalized spacial score (nSPS) is 18.8. The molecule has 1 aliphatic rings. The molecule has 2 aromatic rings. The molecule has 1 saturated heterocycles. The summed E-state index contributed by atoms with van der Waals surface area (Å²) in [7, 11) is -1.48. The van der Waals surface area contributed by atoms with Gasteiger partial charge in [0.25, 0.3) is 5.91 Å². The average Bonchev–Trinajstić information content (AvgIpc) is 3.07. The van der Waals surface area contributed by atoms with Gasteiger partial charge in [0.2, 0.25) is 5.91 Å². The van der Waals surface area contributed by atoms with E-state index < -0.39 is 15.9 Å². The number of sulfone groups is 1. The molecule has 1 N–H and O–H groups in total. The number of nitrogens with one attached hydrogen (secondary N) is 1. The van der Waals surface area contributed by atoms with Gasteiger partial charge in [0.1, 0.15) is 0 Å². The first-order chi connectivity index (χ1) is 13.8. The minimum Gasteiger partial charge on any atom is -0.345 e. The molecule has 1 aliphatic heterocycles. The Kier molecular flexibility index (Phi) is 6.59. The molecule has 0 saturated carbocycles. The summed E-state index contributed by atoms with van der Waals surface area (Å²) in [5, 5.41) is 3.22. The second kappa shape index (κ2) is 8.97. The topological polar surface area (TPSA) is 83.6 Å². The standard InChI is InChI=1S/C21H23ClN2O4S/c1-24(16-11-12-29(27,28)14-16)20(25)13-19(15-7-3-2-4-8-15)23-21(26)17-9-5-6-10-18(17)22/h2-10,16,19H,11-14H2,1H3,(H,23,26). The van der Waals surface area contributed by atoms with Gasteiger partial charge in [-0.25, -0.2) is 8.42 Å². The molecule has 2 aromatic carbocycles. The van der Waals surface area contributed by atoms with Gasteiger partial charge in [-0.05, 0) is 24.1 Å². The molecule has 2 amide bonds. The largest absolute Gasteiger partial charge is 0.345 e. The number of nitrogens with zero attached hydrogens (tertiary/aromatic N) is 1. The van der Waals surface area contributed by atoms with Crippen LogP contribution in [0.2, 0.25) is 5.02 Å². The zero-order chi connectivity index (χ0) is 21.0. The molecule has 0 spiro atoms. The number of rotatable bonds is 6. The fourth-order valence-electron chi connectivity index (χ4n) is 3.42. The maximum absolute atomic E-state index is 12.9. The minimum absolute atomic E-state index is 0.0166. The summed E-state index contributed by atoms with van der Waals surface area (Å²) in [4.78, 5) is 27.1. The van der Waals surface area contributed by atoms with Crippen molar-refractivity contribution >= 4 is 33.3 Å². The van der Waals surface area contributed by atoms with E-state index in [2.05, 4.69) is 5.32 Å². The molecule has 0 aromatic heterocycles. The van der Waals surface area contributed by atoms with E-state index in [0.29, 0.717) is 17.0 Å². The Bertz CT molecular complexity index is 995. The second-order valence-corrected chi connectivity index (χ2v) is 9.82. The Morgan fingerprint density at radius 3 is 2.41 bits per heavy atom. The van der Waals surface area contributed by atoms with Crippen molar-refractivity contribution in [2.45, 2.75) is 24.9 Å². The third-order valence-corrected chi connectivity index (χ3v) is 7.23. The number of halogens is 1. The summed E-state index contributed by atoms with van der Waals surface area (Å²) < 4.78 is 23.5. The highest BCUT2D eigenvalue weighted by Gasteiger charge is 2.33. The van der Waals surface area contributed by atoms with Crippen LogP contribution in [0, 0.1) is 0 Å². The molecule has 3 rings (SSSR count). The first kappa shape index (κ1) is 21.3. The van der Waals surface area contributed by atoms with Crippen LogP contribution in [0.25, 0.3) is 0 Å². The monoisotopic (exact) mass is 434 g/mol. The Balaban J connectivity index is 1.77. The van der Waals surface area contributed by atoms with E-state index in [0.717, 1.165) is 5.56 Å². The number of benzene rings is 2. The summed E-state index contributed by atoms with van der Waals surface area (Å²) in [6, 6.07) is 15.0. The van der Waals surface area contributed by atoms with Crippen LogP contribution in [0.3, 0.4) is 0 Å². The van der Waals surface area contributed by atoms with Gasteiger partial charge >= 0.3 is 0 Å². The number of carbonyl (C=O) groups is 2. The maximum atomic E-state index is 12.9. The van der Waals surface area contributed by atoms with Gasteiger partial charge in [-0.1, -0.05) is 54.1 Å². The van der Waals surface area contributed by atoms with Crippen LogP contribution in [0.4, 0.5) is 0 Å². The van der Waals surface area contributed by atoms with Crippen molar-refractivity contribution in [1.82, 2.24) is 10.2 Å². The van der Waals surface area contributed by atoms with Crippen molar-refractivity contribution in [3.8, 4) is 0 Å². The van der Waals surface area contributed by atoms with Crippen LogP contribution < -0.4 is 5.32 Å². The molecule has 2 atom stereocenters. The van der Waals surface area contributed by atoms with Gasteiger partial charge in [-0.2, -0.15) is 0 Å². The summed E-state index contributed by atoms with van der Waals surface area (Å²) in [5.74, 6) is -0.513. The van der Waals surface area contributed by atoms with Gasteiger partial charge in [-0.3, -0.25) is 9.59 Å². The molecule has 154 valence electrons. The van der Waals surface area contributed by atoms with E-state index in [1.165, 1.54) is 4.90 Å². The molecule has 0 radical (unpaired) electrons. The van der Waals surface area contributed by atoms with E-state index in [-0.39, 0.29) is 35.8 Å². The Morgan fingerprint density at radius 2 is 1.79 bits per heavy atom. The maximum Gasteiger partial charge on any atom is 0.253 e. The summed E-state index contributed by atoms with van der Waals surface area (Å²) in [6.45, 7) is 0. The first-order valence-electron chi connectivity index (χ1n) is 9.33. The second-order valence-electron chi connectivity index (χ2n) is 7.18. The van der Waals surface area contributed by atoms with E-state index in [1.807, 2.05) is 30.3 Å². The molecular weight excluding hydrogens is 412 g/mol. The third-order valence-electron chi connectivity index (χ3n) is 5.15. The number of hydrogen-bond acceptors (Lipinski definition) is 4. The Morgan fingerprint density at radius 1 is 1.14 bits per heavy atom. The van der Waals surface area contributed by atoms with Crippen LogP contribution in [0.1, 0.15) is 34.8 Å². The highest BCUT2D eigenvalue weighted by molar-refractivity contribution is 7.91. The van der Waals surface area contributed by atoms with Gasteiger partial charge in [0.05, 0.1) is 34.6 Å². The number of hydrogen-bond donors (Lipinski definition) is 1. The molecular formula is C21H23ClN2O4S. The van der Waals surface area contributed by atoms with Crippen LogP contribution in [-0.2, 0) is 14.6 Å². The molecule has 8 heteroatoms. The third kappa shape index (κ3) is 5.36. The Labute approximate surface area is 175 Å². The van der Waals surface area contributed by atoms with Crippen LogP contribution in [0.15, 0.2) is 54.6 Å². The lowest BCUT2D eigenvalue weighted by Crippen LogP contribution is -2.40. The number of amides is 2. The minimum atomic E-state index is -3.09.